The molecule has 2 heterocycles. The molecule has 0 aromatic carbocycles. The molecule has 126 valence electrons. The van der Waals surface area contributed by atoms with E-state index in [2.05, 4.69) is 10.1 Å². The van der Waals surface area contributed by atoms with Crippen LogP contribution in [0.15, 0.2) is 0 Å². The highest BCUT2D eigenvalue weighted by Gasteiger charge is 2.55. The number of likely N-dealkylation sites (tertiary alicyclic amines) is 1. The lowest BCUT2D eigenvalue weighted by Gasteiger charge is -2.23. The molecule has 0 bridgehead atoms. The van der Waals surface area contributed by atoms with Gasteiger partial charge in [0.05, 0.1) is 6.61 Å². The van der Waals surface area contributed by atoms with Gasteiger partial charge in [-0.25, -0.2) is 4.79 Å². The predicted octanol–water partition coefficient (Wildman–Crippen LogP) is 0.970. The van der Waals surface area contributed by atoms with Crippen molar-refractivity contribution in [2.75, 3.05) is 32.8 Å². The van der Waals surface area contributed by atoms with Crippen molar-refractivity contribution >= 4 is 11.9 Å². The minimum Gasteiger partial charge on any atom is -0.371 e. The van der Waals surface area contributed by atoms with Gasteiger partial charge >= 0.3 is 12.2 Å². The second-order valence-electron chi connectivity index (χ2n) is 5.98. The van der Waals surface area contributed by atoms with Crippen molar-refractivity contribution in [3.8, 4) is 0 Å². The Morgan fingerprint density at radius 2 is 2.05 bits per heavy atom. The second kappa shape index (κ2) is 6.04. The van der Waals surface area contributed by atoms with Crippen LogP contribution in [0.3, 0.4) is 0 Å². The molecule has 2 aliphatic heterocycles. The van der Waals surface area contributed by atoms with Gasteiger partial charge in [-0.1, -0.05) is 0 Å². The SMILES string of the molecule is CC(C)N1C(=O)N[C@@]2(CCN(CCOCC(F)(F)F)C2)C1=O. The molecule has 3 amide bonds. The third kappa shape index (κ3) is 3.52. The Balaban J connectivity index is 1.85. The maximum atomic E-state index is 12.4. The summed E-state index contributed by atoms with van der Waals surface area (Å²) in [6.07, 6.45) is -3.88. The van der Waals surface area contributed by atoms with Gasteiger partial charge in [0.2, 0.25) is 0 Å². The molecular formula is C13H20F3N3O3. The van der Waals surface area contributed by atoms with E-state index in [9.17, 15) is 22.8 Å². The maximum Gasteiger partial charge on any atom is 0.411 e. The van der Waals surface area contributed by atoms with Crippen LogP contribution in [0.25, 0.3) is 0 Å². The number of ether oxygens (including phenoxy) is 1. The van der Waals surface area contributed by atoms with Crippen molar-refractivity contribution < 1.29 is 27.5 Å². The molecule has 9 heteroatoms. The first-order chi connectivity index (χ1) is 10.1. The molecule has 2 fully saturated rings. The topological polar surface area (TPSA) is 61.9 Å². The van der Waals surface area contributed by atoms with Crippen molar-refractivity contribution in [2.45, 2.75) is 38.0 Å². The lowest BCUT2D eigenvalue weighted by Crippen LogP contribution is -2.49. The number of hydrogen-bond donors (Lipinski definition) is 1. The van der Waals surface area contributed by atoms with E-state index in [0.717, 1.165) is 0 Å². The van der Waals surface area contributed by atoms with Crippen LogP contribution in [0.2, 0.25) is 0 Å². The number of nitrogens with zero attached hydrogens (tertiary/aromatic N) is 2. The summed E-state index contributed by atoms with van der Waals surface area (Å²) in [5.74, 6) is -0.258. The largest absolute Gasteiger partial charge is 0.411 e. The molecule has 2 rings (SSSR count). The number of hydrogen-bond acceptors (Lipinski definition) is 4. The number of nitrogens with one attached hydrogen (secondary N) is 1. The number of carbonyl (C=O) groups is 2. The van der Waals surface area contributed by atoms with E-state index in [1.54, 1.807) is 13.8 Å². The fraction of sp³-hybridized carbons (Fsp3) is 0.846. The number of rotatable bonds is 5. The molecular weight excluding hydrogens is 303 g/mol. The molecule has 0 unspecified atom stereocenters. The normalized spacial score (nSPS) is 26.5. The summed E-state index contributed by atoms with van der Waals surface area (Å²) < 4.78 is 40.5. The van der Waals surface area contributed by atoms with E-state index in [1.165, 1.54) is 4.90 Å². The van der Waals surface area contributed by atoms with E-state index < -0.39 is 24.4 Å². The lowest BCUT2D eigenvalue weighted by molar-refractivity contribution is -0.174. The van der Waals surface area contributed by atoms with Crippen molar-refractivity contribution in [1.29, 1.82) is 0 Å². The minimum absolute atomic E-state index is 0.0639. The van der Waals surface area contributed by atoms with Crippen molar-refractivity contribution in [2.24, 2.45) is 0 Å². The van der Waals surface area contributed by atoms with Crippen LogP contribution in [-0.4, -0.2) is 72.3 Å². The summed E-state index contributed by atoms with van der Waals surface area (Å²) in [4.78, 5) is 27.3. The smallest absolute Gasteiger partial charge is 0.371 e. The monoisotopic (exact) mass is 323 g/mol. The highest BCUT2D eigenvalue weighted by atomic mass is 19.4. The van der Waals surface area contributed by atoms with Gasteiger partial charge < -0.3 is 10.1 Å². The van der Waals surface area contributed by atoms with Crippen LogP contribution in [0.5, 0.6) is 0 Å². The van der Waals surface area contributed by atoms with Gasteiger partial charge in [-0.15, -0.1) is 0 Å². The summed E-state index contributed by atoms with van der Waals surface area (Å²) in [6.45, 7) is 3.31. The van der Waals surface area contributed by atoms with Gasteiger partial charge in [-0.3, -0.25) is 14.6 Å². The number of halogens is 3. The van der Waals surface area contributed by atoms with Gasteiger partial charge in [0.15, 0.2) is 0 Å². The van der Waals surface area contributed by atoms with Gasteiger partial charge in [-0.2, -0.15) is 13.2 Å². The zero-order valence-corrected chi connectivity index (χ0v) is 12.6. The van der Waals surface area contributed by atoms with E-state index >= 15 is 0 Å². The Hall–Kier alpha value is -1.35. The Kier molecular flexibility index (Phi) is 4.67. The average molecular weight is 323 g/mol. The number of amides is 3. The number of imide groups is 1. The van der Waals surface area contributed by atoms with E-state index in [4.69, 9.17) is 0 Å². The van der Waals surface area contributed by atoms with Crippen molar-refractivity contribution in [1.82, 2.24) is 15.1 Å². The van der Waals surface area contributed by atoms with Crippen LogP contribution >= 0.6 is 0 Å². The van der Waals surface area contributed by atoms with E-state index in [-0.39, 0.29) is 18.6 Å². The lowest BCUT2D eigenvalue weighted by atomic mass is 9.99. The molecule has 0 aromatic heterocycles. The molecule has 2 aliphatic rings. The van der Waals surface area contributed by atoms with Gasteiger partial charge in [-0.05, 0) is 20.3 Å². The number of urea groups is 1. The maximum absolute atomic E-state index is 12.4. The fourth-order valence-corrected chi connectivity index (χ4v) is 2.85. The second-order valence-corrected chi connectivity index (χ2v) is 5.98. The fourth-order valence-electron chi connectivity index (χ4n) is 2.85. The van der Waals surface area contributed by atoms with Gasteiger partial charge in [0.25, 0.3) is 5.91 Å². The molecule has 1 N–H and O–H groups in total. The Bertz CT molecular complexity index is 456. The average Bonchev–Trinajstić information content (AvgIpc) is 2.87. The van der Waals surface area contributed by atoms with Crippen LogP contribution in [-0.2, 0) is 9.53 Å². The van der Waals surface area contributed by atoms with Crippen LogP contribution in [0, 0.1) is 0 Å². The summed E-state index contributed by atoms with van der Waals surface area (Å²) in [6, 6.07) is -0.633. The highest BCUT2D eigenvalue weighted by molar-refractivity contribution is 6.07. The molecule has 0 radical (unpaired) electrons. The Morgan fingerprint density at radius 3 is 2.59 bits per heavy atom. The quantitative estimate of drug-likeness (QED) is 0.605. The number of alkyl halides is 3. The molecule has 1 spiro atoms. The third-order valence-electron chi connectivity index (χ3n) is 3.88. The van der Waals surface area contributed by atoms with Crippen LogP contribution < -0.4 is 5.32 Å². The van der Waals surface area contributed by atoms with Gasteiger partial charge in [0.1, 0.15) is 12.1 Å². The summed E-state index contributed by atoms with van der Waals surface area (Å²) in [7, 11) is 0. The third-order valence-corrected chi connectivity index (χ3v) is 3.88. The zero-order chi connectivity index (χ0) is 16.5. The summed E-state index contributed by atoms with van der Waals surface area (Å²) in [5.41, 5.74) is -0.939. The molecule has 22 heavy (non-hydrogen) atoms. The Morgan fingerprint density at radius 1 is 1.36 bits per heavy atom. The van der Waals surface area contributed by atoms with Gasteiger partial charge in [0, 0.05) is 25.7 Å². The zero-order valence-electron chi connectivity index (χ0n) is 12.6. The highest BCUT2D eigenvalue weighted by Crippen LogP contribution is 2.29. The first kappa shape index (κ1) is 17.0. The van der Waals surface area contributed by atoms with Crippen LogP contribution in [0.1, 0.15) is 20.3 Å². The van der Waals surface area contributed by atoms with Crippen molar-refractivity contribution in [3.05, 3.63) is 0 Å². The van der Waals surface area contributed by atoms with Crippen LogP contribution in [0.4, 0.5) is 18.0 Å². The Labute approximate surface area is 126 Å². The van der Waals surface area contributed by atoms with Crippen molar-refractivity contribution in [3.63, 3.8) is 0 Å². The molecule has 0 aliphatic carbocycles. The van der Waals surface area contributed by atoms with E-state index in [1.807, 2.05) is 4.90 Å². The standard InChI is InChI=1S/C13H20F3N3O3/c1-9(2)19-10(20)12(17-11(19)21)3-4-18(7-12)5-6-22-8-13(14,15)16/h9H,3-8H2,1-2H3,(H,17,21)/t12-/m1/s1. The van der Waals surface area contributed by atoms with E-state index in [0.29, 0.717) is 26.1 Å². The summed E-state index contributed by atoms with van der Waals surface area (Å²) in [5, 5.41) is 2.73. The molecule has 0 saturated carbocycles. The predicted molar refractivity (Wildman–Crippen MR) is 71.2 cm³/mol. The summed E-state index contributed by atoms with van der Waals surface area (Å²) >= 11 is 0. The first-order valence-electron chi connectivity index (χ1n) is 7.17. The first-order valence-corrected chi connectivity index (χ1v) is 7.17. The molecule has 2 saturated heterocycles. The molecule has 1 atom stereocenters. The molecule has 0 aromatic rings. The molecule has 6 nitrogen and oxygen atoms in total. The minimum atomic E-state index is -4.33. The number of carbonyl (C=O) groups excluding carboxylic acids is 2.